The fourth-order valence-corrected chi connectivity index (χ4v) is 2.13. The highest BCUT2D eigenvalue weighted by Gasteiger charge is 2.19. The first-order valence-corrected chi connectivity index (χ1v) is 7.61. The van der Waals surface area contributed by atoms with Crippen LogP contribution in [0.2, 0.25) is 0 Å². The van der Waals surface area contributed by atoms with Gasteiger partial charge in [-0.15, -0.1) is 0 Å². The third-order valence-electron chi connectivity index (χ3n) is 3.79. The first-order valence-electron chi connectivity index (χ1n) is 7.61. The molecule has 3 amide bonds. The van der Waals surface area contributed by atoms with Gasteiger partial charge in [0.2, 0.25) is 5.91 Å². The van der Waals surface area contributed by atoms with E-state index in [4.69, 9.17) is 0 Å². The Bertz CT molecular complexity index is 314. The molecule has 6 nitrogen and oxygen atoms in total. The molecule has 1 heterocycles. The summed E-state index contributed by atoms with van der Waals surface area (Å²) in [6.07, 6.45) is 1.27. The lowest BCUT2D eigenvalue weighted by Crippen LogP contribution is -2.49. The number of hydrogen-bond donors (Lipinski definition) is 2. The predicted octanol–water partition coefficient (Wildman–Crippen LogP) is 0.638. The summed E-state index contributed by atoms with van der Waals surface area (Å²) in [5, 5.41) is 5.54. The van der Waals surface area contributed by atoms with Crippen LogP contribution < -0.4 is 10.6 Å². The summed E-state index contributed by atoms with van der Waals surface area (Å²) >= 11 is 0. The molecule has 0 aromatic rings. The lowest BCUT2D eigenvalue weighted by atomic mass is 10.2. The molecule has 0 saturated carbocycles. The van der Waals surface area contributed by atoms with Crippen molar-refractivity contribution in [3.8, 4) is 0 Å². The predicted molar refractivity (Wildman–Crippen MR) is 79.6 cm³/mol. The molecule has 1 rings (SSSR count). The first-order chi connectivity index (χ1) is 9.56. The summed E-state index contributed by atoms with van der Waals surface area (Å²) in [5.74, 6) is 0.129. The van der Waals surface area contributed by atoms with E-state index in [0.29, 0.717) is 13.0 Å². The average molecular weight is 284 g/mol. The number of urea groups is 1. The van der Waals surface area contributed by atoms with E-state index in [-0.39, 0.29) is 18.0 Å². The Morgan fingerprint density at radius 3 is 2.35 bits per heavy atom. The van der Waals surface area contributed by atoms with Crippen molar-refractivity contribution in [3.05, 3.63) is 0 Å². The van der Waals surface area contributed by atoms with Gasteiger partial charge in [-0.25, -0.2) is 4.79 Å². The zero-order chi connectivity index (χ0) is 15.0. The van der Waals surface area contributed by atoms with Crippen LogP contribution in [0.25, 0.3) is 0 Å². The smallest absolute Gasteiger partial charge is 0.315 e. The van der Waals surface area contributed by atoms with Gasteiger partial charge in [0.15, 0.2) is 0 Å². The minimum absolute atomic E-state index is 0.129. The van der Waals surface area contributed by atoms with Crippen molar-refractivity contribution in [2.45, 2.75) is 39.7 Å². The summed E-state index contributed by atoms with van der Waals surface area (Å²) in [7, 11) is 0. The van der Waals surface area contributed by atoms with Crippen LogP contribution in [-0.4, -0.2) is 67.0 Å². The number of nitrogens with one attached hydrogen (secondary N) is 2. The van der Waals surface area contributed by atoms with Gasteiger partial charge >= 0.3 is 6.03 Å². The van der Waals surface area contributed by atoms with Gasteiger partial charge in [-0.05, 0) is 19.9 Å². The molecule has 6 heteroatoms. The van der Waals surface area contributed by atoms with E-state index in [1.807, 2.05) is 18.7 Å². The highest BCUT2D eigenvalue weighted by molar-refractivity contribution is 5.78. The molecular formula is C14H28N4O2. The van der Waals surface area contributed by atoms with Crippen LogP contribution in [0.5, 0.6) is 0 Å². The third kappa shape index (κ3) is 5.77. The minimum Gasteiger partial charge on any atom is -0.340 e. The molecule has 116 valence electrons. The fraction of sp³-hybridized carbons (Fsp3) is 0.857. The quantitative estimate of drug-likeness (QED) is 0.752. The fourth-order valence-electron chi connectivity index (χ4n) is 2.13. The van der Waals surface area contributed by atoms with Crippen LogP contribution in [0.1, 0.15) is 33.6 Å². The van der Waals surface area contributed by atoms with Gasteiger partial charge in [0.05, 0.1) is 0 Å². The first kappa shape index (κ1) is 16.8. The molecule has 20 heavy (non-hydrogen) atoms. The number of piperazine rings is 1. The van der Waals surface area contributed by atoms with Crippen LogP contribution in [0.15, 0.2) is 0 Å². The summed E-state index contributed by atoms with van der Waals surface area (Å²) in [6.45, 7) is 11.0. The van der Waals surface area contributed by atoms with Crippen molar-refractivity contribution in [2.75, 3.05) is 39.3 Å². The normalized spacial score (nSPS) is 17.6. The highest BCUT2D eigenvalue weighted by atomic mass is 16.2. The number of rotatable bonds is 6. The molecule has 0 radical (unpaired) electrons. The lowest BCUT2D eigenvalue weighted by Gasteiger charge is -2.34. The van der Waals surface area contributed by atoms with Gasteiger partial charge in [-0.1, -0.05) is 13.8 Å². The van der Waals surface area contributed by atoms with Crippen LogP contribution in [0.3, 0.4) is 0 Å². The van der Waals surface area contributed by atoms with E-state index in [9.17, 15) is 9.59 Å². The van der Waals surface area contributed by atoms with Crippen molar-refractivity contribution >= 4 is 11.9 Å². The molecule has 2 N–H and O–H groups in total. The van der Waals surface area contributed by atoms with Gasteiger partial charge in [-0.3, -0.25) is 4.79 Å². The minimum atomic E-state index is -0.192. The number of amides is 3. The molecule has 1 aliphatic heterocycles. The Balaban J connectivity index is 2.16. The summed E-state index contributed by atoms with van der Waals surface area (Å²) < 4.78 is 0. The average Bonchev–Trinajstić information content (AvgIpc) is 2.47. The van der Waals surface area contributed by atoms with Gasteiger partial charge in [0.1, 0.15) is 0 Å². The number of nitrogens with zero attached hydrogens (tertiary/aromatic N) is 2. The van der Waals surface area contributed by atoms with Crippen molar-refractivity contribution < 1.29 is 9.59 Å². The molecule has 0 aliphatic carbocycles. The number of carbonyl (C=O) groups excluding carboxylic acids is 2. The third-order valence-corrected chi connectivity index (χ3v) is 3.79. The molecule has 1 fully saturated rings. The maximum Gasteiger partial charge on any atom is 0.315 e. The van der Waals surface area contributed by atoms with Crippen LogP contribution >= 0.6 is 0 Å². The van der Waals surface area contributed by atoms with Crippen molar-refractivity contribution in [1.29, 1.82) is 0 Å². The number of carbonyl (C=O) groups is 2. The topological polar surface area (TPSA) is 64.7 Å². The highest BCUT2D eigenvalue weighted by Crippen LogP contribution is 2.02. The molecule has 0 aromatic carbocycles. The van der Waals surface area contributed by atoms with E-state index in [2.05, 4.69) is 22.5 Å². The lowest BCUT2D eigenvalue weighted by molar-refractivity contribution is -0.132. The van der Waals surface area contributed by atoms with Gasteiger partial charge in [0.25, 0.3) is 0 Å². The molecule has 0 spiro atoms. The molecule has 0 bridgehead atoms. The number of likely N-dealkylation sites (N-methyl/N-ethyl adjacent to an activating group) is 1. The summed E-state index contributed by atoms with van der Waals surface area (Å²) in [5.41, 5.74) is 0. The second-order valence-electron chi connectivity index (χ2n) is 5.27. The van der Waals surface area contributed by atoms with Crippen molar-refractivity contribution in [3.63, 3.8) is 0 Å². The Morgan fingerprint density at radius 1 is 1.15 bits per heavy atom. The molecular weight excluding hydrogens is 256 g/mol. The van der Waals surface area contributed by atoms with E-state index >= 15 is 0 Å². The second-order valence-corrected chi connectivity index (χ2v) is 5.27. The van der Waals surface area contributed by atoms with Crippen molar-refractivity contribution in [1.82, 2.24) is 20.4 Å². The number of hydrogen-bond acceptors (Lipinski definition) is 3. The molecule has 1 saturated heterocycles. The Hall–Kier alpha value is -1.30. The SMILES string of the molecule is CCC(C)NC(=O)NCCC(=O)N1CCN(CC)CC1. The molecule has 0 aromatic heterocycles. The summed E-state index contributed by atoms with van der Waals surface area (Å²) in [6, 6.07) is -0.0317. The molecule has 1 atom stereocenters. The monoisotopic (exact) mass is 284 g/mol. The van der Waals surface area contributed by atoms with E-state index in [1.165, 1.54) is 0 Å². The zero-order valence-electron chi connectivity index (χ0n) is 12.9. The molecule has 1 unspecified atom stereocenters. The zero-order valence-corrected chi connectivity index (χ0v) is 12.9. The van der Waals surface area contributed by atoms with Crippen molar-refractivity contribution in [2.24, 2.45) is 0 Å². The Kier molecular flexibility index (Phi) is 7.36. The van der Waals surface area contributed by atoms with Gasteiger partial charge in [-0.2, -0.15) is 0 Å². The maximum absolute atomic E-state index is 12.0. The van der Waals surface area contributed by atoms with Gasteiger partial charge in [0, 0.05) is 45.2 Å². The van der Waals surface area contributed by atoms with E-state index in [0.717, 1.165) is 39.1 Å². The van der Waals surface area contributed by atoms with E-state index < -0.39 is 0 Å². The largest absolute Gasteiger partial charge is 0.340 e. The van der Waals surface area contributed by atoms with Crippen LogP contribution in [0, 0.1) is 0 Å². The summed E-state index contributed by atoms with van der Waals surface area (Å²) in [4.78, 5) is 27.7. The van der Waals surface area contributed by atoms with Gasteiger partial charge < -0.3 is 20.4 Å². The van der Waals surface area contributed by atoms with Crippen LogP contribution in [-0.2, 0) is 4.79 Å². The van der Waals surface area contributed by atoms with E-state index in [1.54, 1.807) is 0 Å². The Morgan fingerprint density at radius 2 is 1.80 bits per heavy atom. The maximum atomic E-state index is 12.0. The second kappa shape index (κ2) is 8.79. The Labute approximate surface area is 121 Å². The molecule has 1 aliphatic rings. The standard InChI is InChI=1S/C14H28N4O2/c1-4-12(3)16-14(20)15-7-6-13(19)18-10-8-17(5-2)9-11-18/h12H,4-11H2,1-3H3,(H2,15,16,20). The van der Waals surface area contributed by atoms with Crippen LogP contribution in [0.4, 0.5) is 4.79 Å².